The van der Waals surface area contributed by atoms with Crippen molar-refractivity contribution in [1.29, 1.82) is 0 Å². The average Bonchev–Trinajstić information content (AvgIpc) is 2.16. The van der Waals surface area contributed by atoms with Crippen LogP contribution in [0.3, 0.4) is 0 Å². The van der Waals surface area contributed by atoms with E-state index < -0.39 is 0 Å². The molecule has 0 aliphatic carbocycles. The van der Waals surface area contributed by atoms with Gasteiger partial charge in [0.15, 0.2) is 0 Å². The summed E-state index contributed by atoms with van der Waals surface area (Å²) in [6.07, 6.45) is 1.65. The summed E-state index contributed by atoms with van der Waals surface area (Å²) in [5.41, 5.74) is 12.6. The predicted octanol–water partition coefficient (Wildman–Crippen LogP) is 1.16. The highest BCUT2D eigenvalue weighted by molar-refractivity contribution is 5.96. The maximum Gasteiger partial charge on any atom is 0.251 e. The molecule has 0 aromatic heterocycles. The number of carbonyl (C=O) groups is 1. The van der Waals surface area contributed by atoms with Crippen LogP contribution in [0.4, 0.5) is 11.4 Å². The lowest BCUT2D eigenvalue weighted by Crippen LogP contribution is -2.30. The molecule has 0 saturated heterocycles. The van der Waals surface area contributed by atoms with Gasteiger partial charge in [0.25, 0.3) is 5.91 Å². The molecule has 4 nitrogen and oxygen atoms in total. The van der Waals surface area contributed by atoms with E-state index in [0.717, 1.165) is 0 Å². The van der Waals surface area contributed by atoms with Gasteiger partial charge in [0.2, 0.25) is 0 Å². The van der Waals surface area contributed by atoms with Gasteiger partial charge in [-0.25, -0.2) is 0 Å². The smallest absolute Gasteiger partial charge is 0.251 e. The molecule has 0 spiro atoms. The molecule has 1 aromatic carbocycles. The number of nitrogens with one attached hydrogen (secondary N) is 1. The Balaban J connectivity index is 2.86. The lowest BCUT2D eigenvalue weighted by atomic mass is 10.1. The molecule has 1 rings (SSSR count). The fourth-order valence-corrected chi connectivity index (χ4v) is 1.16. The molecule has 1 unspecified atom stereocenters. The van der Waals surface area contributed by atoms with Gasteiger partial charge in [0.1, 0.15) is 0 Å². The van der Waals surface area contributed by atoms with Crippen molar-refractivity contribution in [3.8, 4) is 0 Å². The van der Waals surface area contributed by atoms with E-state index in [1.807, 2.05) is 6.92 Å². The fraction of sp³-hybridized carbons (Fsp3) is 0.182. The highest BCUT2D eigenvalue weighted by atomic mass is 16.1. The van der Waals surface area contributed by atoms with E-state index in [9.17, 15) is 4.79 Å². The summed E-state index contributed by atoms with van der Waals surface area (Å²) in [5, 5.41) is 2.73. The Hall–Kier alpha value is -1.97. The van der Waals surface area contributed by atoms with Crippen LogP contribution in [-0.2, 0) is 0 Å². The van der Waals surface area contributed by atoms with E-state index in [1.54, 1.807) is 24.3 Å². The second-order valence-corrected chi connectivity index (χ2v) is 3.39. The number of nitrogen functional groups attached to an aromatic ring is 2. The second-order valence-electron chi connectivity index (χ2n) is 3.39. The highest BCUT2D eigenvalue weighted by Crippen LogP contribution is 2.13. The van der Waals surface area contributed by atoms with Crippen molar-refractivity contribution in [2.24, 2.45) is 0 Å². The predicted molar refractivity (Wildman–Crippen MR) is 62.4 cm³/mol. The Morgan fingerprint density at radius 1 is 1.40 bits per heavy atom. The molecule has 0 fully saturated rings. The normalized spacial score (nSPS) is 11.8. The first-order valence-electron chi connectivity index (χ1n) is 4.62. The number of nitrogens with two attached hydrogens (primary N) is 2. The Morgan fingerprint density at radius 3 is 2.40 bits per heavy atom. The van der Waals surface area contributed by atoms with E-state index in [1.165, 1.54) is 0 Å². The summed E-state index contributed by atoms with van der Waals surface area (Å²) < 4.78 is 0. The largest absolute Gasteiger partial charge is 0.399 e. The van der Waals surface area contributed by atoms with Crippen LogP contribution < -0.4 is 16.8 Å². The van der Waals surface area contributed by atoms with Crippen LogP contribution in [0.2, 0.25) is 0 Å². The molecule has 0 bridgehead atoms. The van der Waals surface area contributed by atoms with Crippen molar-refractivity contribution in [1.82, 2.24) is 5.32 Å². The molecule has 5 N–H and O–H groups in total. The van der Waals surface area contributed by atoms with E-state index in [0.29, 0.717) is 16.9 Å². The molecule has 0 radical (unpaired) electrons. The summed E-state index contributed by atoms with van der Waals surface area (Å²) in [5.74, 6) is -0.207. The molecule has 0 saturated carbocycles. The van der Waals surface area contributed by atoms with Gasteiger partial charge in [-0.2, -0.15) is 0 Å². The minimum atomic E-state index is -0.207. The number of carbonyl (C=O) groups excluding carboxylic acids is 1. The van der Waals surface area contributed by atoms with Gasteiger partial charge in [-0.3, -0.25) is 4.79 Å². The van der Waals surface area contributed by atoms with Crippen molar-refractivity contribution in [3.63, 3.8) is 0 Å². The molecular formula is C11H15N3O. The van der Waals surface area contributed by atoms with E-state index in [2.05, 4.69) is 11.9 Å². The molecule has 1 amide bonds. The van der Waals surface area contributed by atoms with Gasteiger partial charge < -0.3 is 16.8 Å². The standard InChI is InChI=1S/C11H15N3O/c1-3-7(2)14-11(15)8-4-9(12)6-10(13)5-8/h3-7H,1,12-13H2,2H3,(H,14,15). The third kappa shape index (κ3) is 3.02. The van der Waals surface area contributed by atoms with Crippen LogP contribution in [0, 0.1) is 0 Å². The quantitative estimate of drug-likeness (QED) is 0.511. The average molecular weight is 205 g/mol. The topological polar surface area (TPSA) is 81.1 Å². The van der Waals surface area contributed by atoms with Crippen LogP contribution in [0.5, 0.6) is 0 Å². The maximum absolute atomic E-state index is 11.6. The second kappa shape index (κ2) is 4.50. The summed E-state index contributed by atoms with van der Waals surface area (Å²) in [6.45, 7) is 5.41. The van der Waals surface area contributed by atoms with Gasteiger partial charge in [0.05, 0.1) is 0 Å². The molecule has 1 aromatic rings. The lowest BCUT2D eigenvalue weighted by molar-refractivity contribution is 0.0947. The summed E-state index contributed by atoms with van der Waals surface area (Å²) in [7, 11) is 0. The van der Waals surface area contributed by atoms with E-state index >= 15 is 0 Å². The molecule has 0 aliphatic rings. The molecule has 0 aliphatic heterocycles. The Kier molecular flexibility index (Phi) is 3.33. The number of anilines is 2. The van der Waals surface area contributed by atoms with Crippen molar-refractivity contribution in [2.45, 2.75) is 13.0 Å². The zero-order valence-electron chi connectivity index (χ0n) is 8.66. The SMILES string of the molecule is C=CC(C)NC(=O)c1cc(N)cc(N)c1. The molecule has 80 valence electrons. The van der Waals surface area contributed by atoms with Gasteiger partial charge >= 0.3 is 0 Å². The summed E-state index contributed by atoms with van der Waals surface area (Å²) in [6, 6.07) is 4.69. The first kappa shape index (κ1) is 11.1. The minimum Gasteiger partial charge on any atom is -0.399 e. The van der Waals surface area contributed by atoms with E-state index in [4.69, 9.17) is 11.5 Å². The highest BCUT2D eigenvalue weighted by Gasteiger charge is 2.08. The first-order valence-corrected chi connectivity index (χ1v) is 4.62. The third-order valence-electron chi connectivity index (χ3n) is 1.95. The van der Waals surface area contributed by atoms with Crippen molar-refractivity contribution < 1.29 is 4.79 Å². The monoisotopic (exact) mass is 205 g/mol. The fourth-order valence-electron chi connectivity index (χ4n) is 1.16. The minimum absolute atomic E-state index is 0.0832. The van der Waals surface area contributed by atoms with Gasteiger partial charge in [-0.05, 0) is 25.1 Å². The maximum atomic E-state index is 11.6. The zero-order valence-corrected chi connectivity index (χ0v) is 8.66. The van der Waals surface area contributed by atoms with Crippen molar-refractivity contribution >= 4 is 17.3 Å². The number of amides is 1. The van der Waals surface area contributed by atoms with E-state index in [-0.39, 0.29) is 11.9 Å². The Morgan fingerprint density at radius 2 is 1.93 bits per heavy atom. The molecule has 1 atom stereocenters. The molecule has 0 heterocycles. The number of benzene rings is 1. The van der Waals surface area contributed by atoms with Gasteiger partial charge in [0, 0.05) is 23.0 Å². The van der Waals surface area contributed by atoms with Crippen LogP contribution >= 0.6 is 0 Å². The third-order valence-corrected chi connectivity index (χ3v) is 1.95. The van der Waals surface area contributed by atoms with Crippen LogP contribution in [0.15, 0.2) is 30.9 Å². The Labute approximate surface area is 89.0 Å². The summed E-state index contributed by atoms with van der Waals surface area (Å²) in [4.78, 5) is 11.6. The van der Waals surface area contributed by atoms with Crippen molar-refractivity contribution in [3.05, 3.63) is 36.4 Å². The number of hydrogen-bond acceptors (Lipinski definition) is 3. The Bertz CT molecular complexity index is 367. The van der Waals surface area contributed by atoms with Gasteiger partial charge in [-0.15, -0.1) is 6.58 Å². The number of rotatable bonds is 3. The summed E-state index contributed by atoms with van der Waals surface area (Å²) >= 11 is 0. The number of hydrogen-bond donors (Lipinski definition) is 3. The van der Waals surface area contributed by atoms with Crippen LogP contribution in [0.25, 0.3) is 0 Å². The van der Waals surface area contributed by atoms with Crippen LogP contribution in [0.1, 0.15) is 17.3 Å². The molecular weight excluding hydrogens is 190 g/mol. The van der Waals surface area contributed by atoms with Crippen molar-refractivity contribution in [2.75, 3.05) is 11.5 Å². The van der Waals surface area contributed by atoms with Crippen LogP contribution in [-0.4, -0.2) is 11.9 Å². The lowest BCUT2D eigenvalue weighted by Gasteiger charge is -2.10. The molecule has 15 heavy (non-hydrogen) atoms. The first-order chi connectivity index (χ1) is 7.02. The van der Waals surface area contributed by atoms with Gasteiger partial charge in [-0.1, -0.05) is 6.08 Å². The zero-order chi connectivity index (χ0) is 11.4. The molecule has 4 heteroatoms.